The fraction of sp³-hybridized carbons (Fsp3) is 0.929. The molecule has 1 saturated carbocycles. The number of hydrogen-bond acceptors (Lipinski definition) is 2. The zero-order valence-electron chi connectivity index (χ0n) is 11.6. The molecular weight excluding hydrogens is 212 g/mol. The Morgan fingerprint density at radius 2 is 1.94 bits per heavy atom. The van der Waals surface area contributed by atoms with E-state index in [4.69, 9.17) is 0 Å². The highest BCUT2D eigenvalue weighted by Gasteiger charge is 2.68. The Morgan fingerprint density at radius 3 is 2.41 bits per heavy atom. The third kappa shape index (κ3) is 2.22. The number of hydrogen-bond donors (Lipinski definition) is 2. The van der Waals surface area contributed by atoms with E-state index in [-0.39, 0.29) is 22.7 Å². The smallest absolute Gasteiger partial charge is 0.224 e. The molecule has 17 heavy (non-hydrogen) atoms. The van der Waals surface area contributed by atoms with Crippen molar-refractivity contribution in [2.45, 2.75) is 53.0 Å². The second-order valence-electron chi connectivity index (χ2n) is 6.75. The number of carbonyl (C=O) groups excluding carboxylic acids is 1. The molecule has 1 heterocycles. The topological polar surface area (TPSA) is 41.1 Å². The lowest BCUT2D eigenvalue weighted by molar-refractivity contribution is -0.123. The van der Waals surface area contributed by atoms with Gasteiger partial charge < -0.3 is 10.6 Å². The Bertz CT molecular complexity index is 289. The maximum absolute atomic E-state index is 12.1. The van der Waals surface area contributed by atoms with Gasteiger partial charge in [-0.05, 0) is 36.6 Å². The standard InChI is InChI=1S/C14H26N2O/c1-13(2)11(14(13,3)4)12(17)16-9-7-10-6-5-8-15-10/h10-11,15H,5-9H2,1-4H3,(H,16,17)/t10-/m1/s1. The Hall–Kier alpha value is -0.570. The van der Waals surface area contributed by atoms with E-state index in [1.807, 2.05) is 0 Å². The summed E-state index contributed by atoms with van der Waals surface area (Å²) < 4.78 is 0. The first-order valence-corrected chi connectivity index (χ1v) is 6.88. The molecule has 2 aliphatic rings. The van der Waals surface area contributed by atoms with Gasteiger partial charge in [-0.3, -0.25) is 4.79 Å². The summed E-state index contributed by atoms with van der Waals surface area (Å²) in [4.78, 5) is 12.1. The molecule has 2 fully saturated rings. The lowest BCUT2D eigenvalue weighted by Gasteiger charge is -2.11. The Balaban J connectivity index is 1.72. The number of amides is 1. The molecule has 3 heteroatoms. The molecule has 1 aliphatic carbocycles. The minimum absolute atomic E-state index is 0.155. The van der Waals surface area contributed by atoms with Gasteiger partial charge >= 0.3 is 0 Å². The average molecular weight is 238 g/mol. The summed E-state index contributed by atoms with van der Waals surface area (Å²) in [7, 11) is 0. The molecule has 0 bridgehead atoms. The van der Waals surface area contributed by atoms with E-state index in [0.717, 1.165) is 19.5 Å². The van der Waals surface area contributed by atoms with Crippen molar-refractivity contribution < 1.29 is 4.79 Å². The van der Waals surface area contributed by atoms with Gasteiger partial charge in [-0.1, -0.05) is 27.7 Å². The molecule has 0 aromatic heterocycles. The van der Waals surface area contributed by atoms with E-state index >= 15 is 0 Å². The van der Waals surface area contributed by atoms with E-state index in [1.54, 1.807) is 0 Å². The minimum Gasteiger partial charge on any atom is -0.356 e. The van der Waals surface area contributed by atoms with E-state index in [1.165, 1.54) is 12.8 Å². The van der Waals surface area contributed by atoms with Crippen molar-refractivity contribution in [3.8, 4) is 0 Å². The van der Waals surface area contributed by atoms with Gasteiger partial charge in [0, 0.05) is 18.5 Å². The number of carbonyl (C=O) groups is 1. The van der Waals surface area contributed by atoms with Gasteiger partial charge in [-0.2, -0.15) is 0 Å². The normalized spacial score (nSPS) is 30.2. The van der Waals surface area contributed by atoms with Crippen LogP contribution in [0.4, 0.5) is 0 Å². The summed E-state index contributed by atoms with van der Waals surface area (Å²) in [5, 5.41) is 6.56. The first kappa shape index (κ1) is 12.9. The van der Waals surface area contributed by atoms with Gasteiger partial charge in [-0.25, -0.2) is 0 Å². The second-order valence-corrected chi connectivity index (χ2v) is 6.75. The van der Waals surface area contributed by atoms with Gasteiger partial charge in [0.15, 0.2) is 0 Å². The molecule has 0 spiro atoms. The summed E-state index contributed by atoms with van der Waals surface area (Å²) in [6, 6.07) is 0.621. The maximum Gasteiger partial charge on any atom is 0.224 e. The van der Waals surface area contributed by atoms with Gasteiger partial charge in [0.1, 0.15) is 0 Å². The fourth-order valence-corrected chi connectivity index (χ4v) is 3.33. The van der Waals surface area contributed by atoms with Crippen LogP contribution in [0.3, 0.4) is 0 Å². The highest BCUT2D eigenvalue weighted by atomic mass is 16.2. The highest BCUT2D eigenvalue weighted by Crippen LogP contribution is 2.68. The summed E-state index contributed by atoms with van der Waals surface area (Å²) >= 11 is 0. The van der Waals surface area contributed by atoms with Crippen molar-refractivity contribution >= 4 is 5.91 Å². The van der Waals surface area contributed by atoms with E-state index < -0.39 is 0 Å². The van der Waals surface area contributed by atoms with Crippen molar-refractivity contribution in [3.63, 3.8) is 0 Å². The molecule has 1 atom stereocenters. The molecule has 0 aromatic carbocycles. The minimum atomic E-state index is 0.155. The van der Waals surface area contributed by atoms with Crippen LogP contribution in [0.15, 0.2) is 0 Å². The van der Waals surface area contributed by atoms with Crippen LogP contribution >= 0.6 is 0 Å². The fourth-order valence-electron chi connectivity index (χ4n) is 3.33. The van der Waals surface area contributed by atoms with Crippen LogP contribution in [-0.4, -0.2) is 25.0 Å². The number of rotatable bonds is 4. The highest BCUT2D eigenvalue weighted by molar-refractivity contribution is 5.84. The molecule has 98 valence electrons. The summed E-state index contributed by atoms with van der Waals surface area (Å²) in [6.07, 6.45) is 3.61. The monoisotopic (exact) mass is 238 g/mol. The van der Waals surface area contributed by atoms with Crippen molar-refractivity contribution in [2.75, 3.05) is 13.1 Å². The van der Waals surface area contributed by atoms with Crippen LogP contribution in [0.2, 0.25) is 0 Å². The van der Waals surface area contributed by atoms with Crippen LogP contribution in [0.25, 0.3) is 0 Å². The third-order valence-electron chi connectivity index (χ3n) is 5.24. The van der Waals surface area contributed by atoms with Crippen molar-refractivity contribution in [1.29, 1.82) is 0 Å². The molecule has 0 radical (unpaired) electrons. The lowest BCUT2D eigenvalue weighted by atomic mass is 10.0. The Kier molecular flexibility index (Phi) is 3.23. The molecular formula is C14H26N2O. The van der Waals surface area contributed by atoms with Crippen LogP contribution in [0.5, 0.6) is 0 Å². The summed E-state index contributed by atoms with van der Waals surface area (Å²) in [6.45, 7) is 10.7. The van der Waals surface area contributed by atoms with Gasteiger partial charge in [-0.15, -0.1) is 0 Å². The van der Waals surface area contributed by atoms with E-state index in [2.05, 4.69) is 38.3 Å². The third-order valence-corrected chi connectivity index (χ3v) is 5.24. The largest absolute Gasteiger partial charge is 0.356 e. The molecule has 0 unspecified atom stereocenters. The first-order valence-electron chi connectivity index (χ1n) is 6.88. The summed E-state index contributed by atoms with van der Waals surface area (Å²) in [5.74, 6) is 0.435. The van der Waals surface area contributed by atoms with Crippen LogP contribution < -0.4 is 10.6 Å². The molecule has 1 saturated heterocycles. The molecule has 2 N–H and O–H groups in total. The number of nitrogens with one attached hydrogen (secondary N) is 2. The van der Waals surface area contributed by atoms with Crippen LogP contribution in [0.1, 0.15) is 47.0 Å². The quantitative estimate of drug-likeness (QED) is 0.786. The molecule has 0 aromatic rings. The van der Waals surface area contributed by atoms with Crippen molar-refractivity contribution in [3.05, 3.63) is 0 Å². The maximum atomic E-state index is 12.1. The van der Waals surface area contributed by atoms with Crippen molar-refractivity contribution in [1.82, 2.24) is 10.6 Å². The van der Waals surface area contributed by atoms with Crippen molar-refractivity contribution in [2.24, 2.45) is 16.7 Å². The van der Waals surface area contributed by atoms with Gasteiger partial charge in [0.05, 0.1) is 0 Å². The Labute approximate surface area is 105 Å². The SMILES string of the molecule is CC1(C)C(C(=O)NCC[C@H]2CCCN2)C1(C)C. The first-order chi connectivity index (χ1) is 7.87. The Morgan fingerprint density at radius 1 is 1.29 bits per heavy atom. The van der Waals surface area contributed by atoms with E-state index in [9.17, 15) is 4.79 Å². The molecule has 1 amide bonds. The second kappa shape index (κ2) is 4.27. The zero-order chi connectivity index (χ0) is 12.7. The predicted molar refractivity (Wildman–Crippen MR) is 69.7 cm³/mol. The van der Waals surface area contributed by atoms with Crippen LogP contribution in [0, 0.1) is 16.7 Å². The predicted octanol–water partition coefficient (Wildman–Crippen LogP) is 1.93. The molecule has 1 aliphatic heterocycles. The van der Waals surface area contributed by atoms with Gasteiger partial charge in [0.25, 0.3) is 0 Å². The van der Waals surface area contributed by atoms with Gasteiger partial charge in [0.2, 0.25) is 5.91 Å². The molecule has 3 nitrogen and oxygen atoms in total. The van der Waals surface area contributed by atoms with E-state index in [0.29, 0.717) is 6.04 Å². The lowest BCUT2D eigenvalue weighted by Crippen LogP contribution is -2.32. The summed E-state index contributed by atoms with van der Waals surface area (Å²) in [5.41, 5.74) is 0.311. The molecule has 2 rings (SSSR count). The van der Waals surface area contributed by atoms with Crippen LogP contribution in [-0.2, 0) is 4.79 Å². The zero-order valence-corrected chi connectivity index (χ0v) is 11.6. The average Bonchev–Trinajstić information content (AvgIpc) is 2.58.